The van der Waals surface area contributed by atoms with E-state index in [1.54, 1.807) is 13.1 Å². The number of fused-ring (bicyclic) bond motifs is 1. The van der Waals surface area contributed by atoms with E-state index < -0.39 is 0 Å². The molecule has 0 spiro atoms. The van der Waals surface area contributed by atoms with E-state index in [0.29, 0.717) is 12.2 Å². The summed E-state index contributed by atoms with van der Waals surface area (Å²) in [7, 11) is 0. The average molecular weight is 315 g/mol. The lowest BCUT2D eigenvalue weighted by Crippen LogP contribution is -2.02. The predicted molar refractivity (Wildman–Crippen MR) is 66.1 cm³/mol. The minimum Gasteiger partial charge on any atom is -0.462 e. The molecule has 3 nitrogen and oxygen atoms in total. The number of carbonyl (C=O) groups excluding carboxylic acids is 1. The number of pyridine rings is 1. The summed E-state index contributed by atoms with van der Waals surface area (Å²) < 4.78 is 7.98. The van der Waals surface area contributed by atoms with Crippen LogP contribution in [-0.4, -0.2) is 17.0 Å². The lowest BCUT2D eigenvalue weighted by atomic mass is 10.3. The smallest absolute Gasteiger partial charge is 0.339 e. The Bertz CT molecular complexity index is 504. The van der Waals surface area contributed by atoms with Crippen molar-refractivity contribution in [3.05, 3.63) is 39.7 Å². The van der Waals surface area contributed by atoms with E-state index in [0.717, 1.165) is 9.22 Å². The zero-order valence-electron chi connectivity index (χ0n) is 8.24. The predicted octanol–water partition coefficient (Wildman–Crippen LogP) is 2.72. The number of nitrogens with zero attached hydrogens (tertiary/aromatic N) is 1. The Hall–Kier alpha value is -1.04. The summed E-state index contributed by atoms with van der Waals surface area (Å²) >= 11 is 2.23. The first-order valence-electron chi connectivity index (χ1n) is 4.66. The Morgan fingerprint density at radius 3 is 3.00 bits per heavy atom. The molecule has 2 rings (SSSR count). The highest BCUT2D eigenvalue weighted by Crippen LogP contribution is 2.15. The highest BCUT2D eigenvalue weighted by molar-refractivity contribution is 14.1. The molecule has 0 aliphatic carbocycles. The molecule has 0 radical (unpaired) electrons. The van der Waals surface area contributed by atoms with Crippen LogP contribution in [0.15, 0.2) is 30.5 Å². The highest BCUT2D eigenvalue weighted by atomic mass is 127. The molecule has 0 atom stereocenters. The molecule has 78 valence electrons. The molecule has 0 fully saturated rings. The minimum absolute atomic E-state index is 0.267. The first kappa shape index (κ1) is 10.5. The van der Waals surface area contributed by atoms with Gasteiger partial charge < -0.3 is 9.14 Å². The molecule has 2 aromatic rings. The van der Waals surface area contributed by atoms with Gasteiger partial charge in [0.1, 0.15) is 0 Å². The quantitative estimate of drug-likeness (QED) is 0.485. The van der Waals surface area contributed by atoms with Gasteiger partial charge in [-0.15, -0.1) is 0 Å². The van der Waals surface area contributed by atoms with Crippen molar-refractivity contribution in [2.24, 2.45) is 0 Å². The lowest BCUT2D eigenvalue weighted by Gasteiger charge is -1.97. The van der Waals surface area contributed by atoms with Crippen LogP contribution in [0.1, 0.15) is 17.3 Å². The van der Waals surface area contributed by atoms with Crippen LogP contribution < -0.4 is 0 Å². The summed E-state index contributed by atoms with van der Waals surface area (Å²) in [5.41, 5.74) is 1.60. The number of carbonyl (C=O) groups is 1. The third kappa shape index (κ3) is 1.99. The molecular formula is C11H10INO2. The Labute approximate surface area is 101 Å². The van der Waals surface area contributed by atoms with E-state index in [2.05, 4.69) is 22.6 Å². The molecule has 0 amide bonds. The van der Waals surface area contributed by atoms with Gasteiger partial charge in [-0.05, 0) is 47.7 Å². The lowest BCUT2D eigenvalue weighted by molar-refractivity contribution is 0.0526. The maximum atomic E-state index is 11.5. The van der Waals surface area contributed by atoms with Gasteiger partial charge in [0.05, 0.1) is 15.9 Å². The molecule has 0 aliphatic heterocycles. The first-order valence-corrected chi connectivity index (χ1v) is 5.74. The zero-order valence-corrected chi connectivity index (χ0v) is 10.4. The van der Waals surface area contributed by atoms with Crippen LogP contribution in [0.2, 0.25) is 0 Å². The van der Waals surface area contributed by atoms with Crippen LogP contribution in [0.5, 0.6) is 0 Å². The molecule has 0 aromatic carbocycles. The van der Waals surface area contributed by atoms with E-state index in [9.17, 15) is 4.79 Å². The van der Waals surface area contributed by atoms with Crippen LogP contribution >= 0.6 is 22.6 Å². The summed E-state index contributed by atoms with van der Waals surface area (Å²) in [5.74, 6) is -0.267. The molecule has 0 aliphatic rings. The van der Waals surface area contributed by atoms with Gasteiger partial charge in [0.15, 0.2) is 0 Å². The second kappa shape index (κ2) is 4.22. The maximum absolute atomic E-state index is 11.5. The molecule has 0 saturated carbocycles. The third-order valence-corrected chi connectivity index (χ3v) is 2.97. The first-order chi connectivity index (χ1) is 7.22. The zero-order chi connectivity index (χ0) is 10.8. The van der Waals surface area contributed by atoms with Gasteiger partial charge in [-0.2, -0.15) is 0 Å². The largest absolute Gasteiger partial charge is 0.462 e. The Morgan fingerprint density at radius 1 is 1.53 bits per heavy atom. The highest BCUT2D eigenvalue weighted by Gasteiger charge is 2.09. The van der Waals surface area contributed by atoms with Crippen molar-refractivity contribution in [2.45, 2.75) is 6.92 Å². The van der Waals surface area contributed by atoms with E-state index in [4.69, 9.17) is 4.74 Å². The van der Waals surface area contributed by atoms with Crippen LogP contribution in [0, 0.1) is 3.70 Å². The van der Waals surface area contributed by atoms with Crippen LogP contribution in [0.3, 0.4) is 0 Å². The number of halogens is 1. The fourth-order valence-electron chi connectivity index (χ4n) is 1.43. The van der Waals surface area contributed by atoms with Crippen molar-refractivity contribution in [2.75, 3.05) is 6.61 Å². The van der Waals surface area contributed by atoms with Crippen LogP contribution in [0.25, 0.3) is 5.52 Å². The van der Waals surface area contributed by atoms with Crippen molar-refractivity contribution < 1.29 is 9.53 Å². The molecule has 4 heteroatoms. The minimum atomic E-state index is -0.267. The van der Waals surface area contributed by atoms with Gasteiger partial charge in [0, 0.05) is 11.7 Å². The number of aromatic nitrogens is 1. The molecule has 0 saturated heterocycles. The average Bonchev–Trinajstić information content (AvgIpc) is 2.63. The van der Waals surface area contributed by atoms with Gasteiger partial charge in [0.25, 0.3) is 0 Å². The van der Waals surface area contributed by atoms with Crippen molar-refractivity contribution >= 4 is 34.1 Å². The molecular weight excluding hydrogens is 305 g/mol. The summed E-state index contributed by atoms with van der Waals surface area (Å²) in [4.78, 5) is 11.5. The van der Waals surface area contributed by atoms with Crippen molar-refractivity contribution in [3.63, 3.8) is 0 Å². The summed E-state index contributed by atoms with van der Waals surface area (Å²) in [6, 6.07) is 7.75. The van der Waals surface area contributed by atoms with E-state index in [-0.39, 0.29) is 5.97 Å². The number of hydrogen-bond acceptors (Lipinski definition) is 2. The summed E-state index contributed by atoms with van der Waals surface area (Å²) in [6.07, 6.45) is 1.80. The van der Waals surface area contributed by atoms with Gasteiger partial charge in [-0.3, -0.25) is 0 Å². The standard InChI is InChI=1S/C11H10INO2/c1-2-15-11(14)8-6-9-4-3-5-10(12)13(9)7-8/h3-7H,2H2,1H3. The normalized spacial score (nSPS) is 10.5. The molecule has 15 heavy (non-hydrogen) atoms. The molecule has 0 N–H and O–H groups in total. The van der Waals surface area contributed by atoms with Crippen LogP contribution in [-0.2, 0) is 4.74 Å². The van der Waals surface area contributed by atoms with Gasteiger partial charge >= 0.3 is 5.97 Å². The van der Waals surface area contributed by atoms with E-state index in [1.165, 1.54) is 0 Å². The third-order valence-electron chi connectivity index (χ3n) is 2.09. The Kier molecular flexibility index (Phi) is 2.95. The van der Waals surface area contributed by atoms with Crippen LogP contribution in [0.4, 0.5) is 0 Å². The Morgan fingerprint density at radius 2 is 2.33 bits per heavy atom. The molecule has 2 aromatic heterocycles. The second-order valence-corrected chi connectivity index (χ2v) is 4.20. The van der Waals surface area contributed by atoms with E-state index in [1.807, 2.05) is 28.7 Å². The monoisotopic (exact) mass is 315 g/mol. The fourth-order valence-corrected chi connectivity index (χ4v) is 2.05. The van der Waals surface area contributed by atoms with Gasteiger partial charge in [0.2, 0.25) is 0 Å². The van der Waals surface area contributed by atoms with Crippen molar-refractivity contribution in [1.82, 2.24) is 4.40 Å². The fraction of sp³-hybridized carbons (Fsp3) is 0.182. The van der Waals surface area contributed by atoms with E-state index >= 15 is 0 Å². The maximum Gasteiger partial charge on any atom is 0.339 e. The van der Waals surface area contributed by atoms with Crippen molar-refractivity contribution in [3.8, 4) is 0 Å². The summed E-state index contributed by atoms with van der Waals surface area (Å²) in [5, 5.41) is 0. The molecule has 2 heterocycles. The van der Waals surface area contributed by atoms with Gasteiger partial charge in [-0.25, -0.2) is 4.79 Å². The number of esters is 1. The van der Waals surface area contributed by atoms with Gasteiger partial charge in [-0.1, -0.05) is 6.07 Å². The number of rotatable bonds is 2. The van der Waals surface area contributed by atoms with Crippen molar-refractivity contribution in [1.29, 1.82) is 0 Å². The topological polar surface area (TPSA) is 30.7 Å². The SMILES string of the molecule is CCOC(=O)c1cc2cccc(I)n2c1. The number of ether oxygens (including phenoxy) is 1. The molecule has 0 unspecified atom stereocenters. The Balaban J connectivity index is 2.47. The summed E-state index contributed by atoms with van der Waals surface area (Å²) in [6.45, 7) is 2.21. The number of hydrogen-bond donors (Lipinski definition) is 0. The second-order valence-electron chi connectivity index (χ2n) is 3.09. The molecule has 0 bridgehead atoms.